The summed E-state index contributed by atoms with van der Waals surface area (Å²) in [5, 5.41) is 26.1. The molecule has 0 bridgehead atoms. The zero-order valence-corrected chi connectivity index (χ0v) is 19.9. The molecule has 12 nitrogen and oxygen atoms in total. The zero-order valence-electron chi connectivity index (χ0n) is 19.9. The number of fused-ring (bicyclic) bond motifs is 1. The van der Waals surface area contributed by atoms with Crippen molar-refractivity contribution in [2.45, 2.75) is 58.0 Å². The predicted octanol–water partition coefficient (Wildman–Crippen LogP) is 0.303. The molecular weight excluding hydrogens is 450 g/mol. The van der Waals surface area contributed by atoms with E-state index in [4.69, 9.17) is 10.1 Å². The van der Waals surface area contributed by atoms with E-state index in [1.807, 2.05) is 23.3 Å². The van der Waals surface area contributed by atoms with Crippen LogP contribution in [0.3, 0.4) is 0 Å². The second kappa shape index (κ2) is 9.80. The van der Waals surface area contributed by atoms with Gasteiger partial charge in [0.25, 0.3) is 0 Å². The third-order valence-electron chi connectivity index (χ3n) is 6.66. The lowest BCUT2D eigenvalue weighted by atomic mass is 10.1. The highest BCUT2D eigenvalue weighted by Crippen LogP contribution is 2.37. The number of rotatable bonds is 9. The number of carbonyl (C=O) groups excluding carboxylic acids is 1. The van der Waals surface area contributed by atoms with Crippen LogP contribution >= 0.6 is 0 Å². The minimum atomic E-state index is -0.662. The van der Waals surface area contributed by atoms with Gasteiger partial charge in [-0.3, -0.25) is 9.69 Å². The average molecular weight is 482 g/mol. The van der Waals surface area contributed by atoms with Crippen LogP contribution in [0.1, 0.15) is 32.0 Å². The van der Waals surface area contributed by atoms with Crippen LogP contribution in [0.15, 0.2) is 18.7 Å². The number of aromatic nitrogens is 6. The molecule has 1 saturated carbocycles. The Hall–Kier alpha value is -3.22. The summed E-state index contributed by atoms with van der Waals surface area (Å²) in [7, 11) is 0. The first-order valence-electron chi connectivity index (χ1n) is 12.1. The summed E-state index contributed by atoms with van der Waals surface area (Å²) in [4.78, 5) is 37.0. The maximum Gasteiger partial charge on any atom is 0.237 e. The van der Waals surface area contributed by atoms with E-state index in [1.165, 1.54) is 6.33 Å². The Morgan fingerprint density at radius 1 is 1.23 bits per heavy atom. The van der Waals surface area contributed by atoms with Crippen molar-refractivity contribution in [3.8, 4) is 11.4 Å². The topological polar surface area (TPSA) is 154 Å². The standard InChI is InChI=1S/C23H31N9O3/c1-3-31-20(15-9-25-13(2)26-10-15)30-18-19(27-12-28-21(18)31)29-16-8-17(22(34)24-6-7-33)32(11-16)23(35)14-4-5-14/h9-10,12,14,16-17,23,33,35H,3-8,11H2,1-2H3,(H,24,34)(H,27,28,29). The number of amides is 1. The van der Waals surface area contributed by atoms with Crippen molar-refractivity contribution in [3.05, 3.63) is 24.5 Å². The maximum atomic E-state index is 12.8. The van der Waals surface area contributed by atoms with Crippen LogP contribution in [0.2, 0.25) is 0 Å². The highest BCUT2D eigenvalue weighted by Gasteiger charge is 2.45. The number of hydrogen-bond acceptors (Lipinski definition) is 10. The van der Waals surface area contributed by atoms with E-state index in [0.29, 0.717) is 48.1 Å². The van der Waals surface area contributed by atoms with Crippen molar-refractivity contribution < 1.29 is 15.0 Å². The number of aryl methyl sites for hydroxylation is 2. The van der Waals surface area contributed by atoms with Gasteiger partial charge in [0.1, 0.15) is 24.2 Å². The van der Waals surface area contributed by atoms with Crippen LogP contribution in [-0.2, 0) is 11.3 Å². The molecule has 0 spiro atoms. The number of carbonyl (C=O) groups is 1. The van der Waals surface area contributed by atoms with Gasteiger partial charge >= 0.3 is 0 Å². The largest absolute Gasteiger partial charge is 0.395 e. The van der Waals surface area contributed by atoms with Gasteiger partial charge in [0.05, 0.1) is 18.2 Å². The summed E-state index contributed by atoms with van der Waals surface area (Å²) in [5.74, 6) is 2.00. The minimum absolute atomic E-state index is 0.121. The summed E-state index contributed by atoms with van der Waals surface area (Å²) >= 11 is 0. The first-order chi connectivity index (χ1) is 17.0. The van der Waals surface area contributed by atoms with E-state index < -0.39 is 12.3 Å². The van der Waals surface area contributed by atoms with E-state index in [2.05, 4.69) is 30.6 Å². The number of nitrogens with one attached hydrogen (secondary N) is 2. The second-order valence-corrected chi connectivity index (χ2v) is 9.15. The average Bonchev–Trinajstić information content (AvgIpc) is 3.52. The van der Waals surface area contributed by atoms with Gasteiger partial charge in [-0.1, -0.05) is 0 Å². The molecule has 3 atom stereocenters. The van der Waals surface area contributed by atoms with Crippen LogP contribution in [0.5, 0.6) is 0 Å². The number of aliphatic hydroxyl groups excluding tert-OH is 2. The molecule has 1 saturated heterocycles. The normalized spacial score (nSPS) is 21.4. The van der Waals surface area contributed by atoms with Crippen LogP contribution < -0.4 is 10.6 Å². The Balaban J connectivity index is 1.42. The lowest BCUT2D eigenvalue weighted by Crippen LogP contribution is -2.49. The summed E-state index contributed by atoms with van der Waals surface area (Å²) in [5.41, 5.74) is 2.12. The highest BCUT2D eigenvalue weighted by molar-refractivity contribution is 5.87. The van der Waals surface area contributed by atoms with Gasteiger partial charge < -0.3 is 25.4 Å². The summed E-state index contributed by atoms with van der Waals surface area (Å²) in [6.07, 6.45) is 6.77. The Bertz CT molecular complexity index is 1190. The molecule has 12 heteroatoms. The van der Waals surface area contributed by atoms with Gasteiger partial charge in [-0.15, -0.1) is 0 Å². The van der Waals surface area contributed by atoms with E-state index >= 15 is 0 Å². The number of nitrogens with zero attached hydrogens (tertiary/aromatic N) is 7. The quantitative estimate of drug-likeness (QED) is 0.335. The molecule has 4 N–H and O–H groups in total. The molecule has 3 aromatic rings. The van der Waals surface area contributed by atoms with Crippen molar-refractivity contribution in [2.75, 3.05) is 25.0 Å². The van der Waals surface area contributed by atoms with Gasteiger partial charge in [0.15, 0.2) is 17.0 Å². The highest BCUT2D eigenvalue weighted by atomic mass is 16.3. The first kappa shape index (κ1) is 23.5. The number of likely N-dealkylation sites (tertiary alicyclic amines) is 1. The molecule has 0 radical (unpaired) electrons. The molecule has 0 aromatic carbocycles. The minimum Gasteiger partial charge on any atom is -0.395 e. The lowest BCUT2D eigenvalue weighted by Gasteiger charge is -2.28. The van der Waals surface area contributed by atoms with Gasteiger partial charge in [0, 0.05) is 38.1 Å². The van der Waals surface area contributed by atoms with Gasteiger partial charge in [-0.05, 0) is 39.0 Å². The number of imidazole rings is 1. The number of aliphatic hydroxyl groups is 2. The fourth-order valence-electron chi connectivity index (χ4n) is 4.74. The third kappa shape index (κ3) is 4.68. The molecule has 4 heterocycles. The molecule has 2 fully saturated rings. The maximum absolute atomic E-state index is 12.8. The van der Waals surface area contributed by atoms with Gasteiger partial charge in [-0.25, -0.2) is 24.9 Å². The van der Waals surface area contributed by atoms with Crippen molar-refractivity contribution in [1.82, 2.24) is 39.7 Å². The monoisotopic (exact) mass is 481 g/mol. The smallest absolute Gasteiger partial charge is 0.237 e. The lowest BCUT2D eigenvalue weighted by molar-refractivity contribution is -0.130. The van der Waals surface area contributed by atoms with Gasteiger partial charge in [0.2, 0.25) is 5.91 Å². The third-order valence-corrected chi connectivity index (χ3v) is 6.66. The first-order valence-corrected chi connectivity index (χ1v) is 12.1. The zero-order chi connectivity index (χ0) is 24.5. The van der Waals surface area contributed by atoms with Crippen LogP contribution in [0, 0.1) is 12.8 Å². The molecule has 1 amide bonds. The Labute approximate surface area is 202 Å². The van der Waals surface area contributed by atoms with Crippen molar-refractivity contribution in [2.24, 2.45) is 5.92 Å². The number of anilines is 1. The molecule has 186 valence electrons. The summed E-state index contributed by atoms with van der Waals surface area (Å²) in [6, 6.07) is -0.607. The van der Waals surface area contributed by atoms with Crippen molar-refractivity contribution in [3.63, 3.8) is 0 Å². The van der Waals surface area contributed by atoms with E-state index in [-0.39, 0.29) is 31.0 Å². The Kier molecular flexibility index (Phi) is 6.58. The molecule has 5 rings (SSSR count). The van der Waals surface area contributed by atoms with Gasteiger partial charge in [-0.2, -0.15) is 0 Å². The molecule has 35 heavy (non-hydrogen) atoms. The van der Waals surface area contributed by atoms with Crippen molar-refractivity contribution >= 4 is 22.9 Å². The van der Waals surface area contributed by atoms with Crippen LogP contribution in [-0.4, -0.2) is 88.5 Å². The fraction of sp³-hybridized carbons (Fsp3) is 0.565. The van der Waals surface area contributed by atoms with Crippen LogP contribution in [0.25, 0.3) is 22.6 Å². The SMILES string of the molecule is CCn1c(-c2cnc(C)nc2)nc2c(NC3CC(C(=O)NCCO)N(C(O)C4CC4)C3)ncnc21. The van der Waals surface area contributed by atoms with E-state index in [1.54, 1.807) is 12.4 Å². The van der Waals surface area contributed by atoms with Crippen molar-refractivity contribution in [1.29, 1.82) is 0 Å². The molecule has 2 aliphatic rings. The van der Waals surface area contributed by atoms with E-state index in [0.717, 1.165) is 18.4 Å². The van der Waals surface area contributed by atoms with Crippen LogP contribution in [0.4, 0.5) is 5.82 Å². The molecule has 3 unspecified atom stereocenters. The fourth-order valence-corrected chi connectivity index (χ4v) is 4.74. The Morgan fingerprint density at radius 3 is 2.69 bits per heavy atom. The molecular formula is C23H31N9O3. The molecule has 1 aliphatic heterocycles. The second-order valence-electron chi connectivity index (χ2n) is 9.15. The summed E-state index contributed by atoms with van der Waals surface area (Å²) < 4.78 is 2.00. The summed E-state index contributed by atoms with van der Waals surface area (Å²) in [6.45, 7) is 5.08. The number of hydrogen-bond donors (Lipinski definition) is 4. The Morgan fingerprint density at radius 2 is 2.00 bits per heavy atom. The molecule has 1 aliphatic carbocycles. The van der Waals surface area contributed by atoms with E-state index in [9.17, 15) is 9.90 Å². The molecule has 3 aromatic heterocycles. The predicted molar refractivity (Wildman–Crippen MR) is 128 cm³/mol.